The molecule has 2 aromatic rings. The van der Waals surface area contributed by atoms with E-state index in [0.29, 0.717) is 24.5 Å². The summed E-state index contributed by atoms with van der Waals surface area (Å²) in [5.74, 6) is 1.33. The van der Waals surface area contributed by atoms with Gasteiger partial charge >= 0.3 is 6.03 Å². The Kier molecular flexibility index (Phi) is 6.26. The second-order valence-electron chi connectivity index (χ2n) is 9.14. The van der Waals surface area contributed by atoms with E-state index < -0.39 is 5.60 Å². The Morgan fingerprint density at radius 1 is 1.15 bits per heavy atom. The van der Waals surface area contributed by atoms with Gasteiger partial charge in [0.2, 0.25) is 0 Å². The number of fused-ring (bicyclic) bond motifs is 1. The summed E-state index contributed by atoms with van der Waals surface area (Å²) in [7, 11) is 4.91. The van der Waals surface area contributed by atoms with Crippen LogP contribution < -0.4 is 19.7 Å². The SMILES string of the molecule is CNC(=O)N1C=C(c2ccc(N3CC[C@](C)(O)C3)cc2)c2cc(OC)c(OC)cc2C[C@H]1C. The molecule has 176 valence electrons. The second kappa shape index (κ2) is 8.98. The van der Waals surface area contributed by atoms with Crippen molar-refractivity contribution in [1.82, 2.24) is 10.2 Å². The number of hydrogen-bond acceptors (Lipinski definition) is 5. The number of aliphatic hydroxyl groups is 1. The summed E-state index contributed by atoms with van der Waals surface area (Å²) >= 11 is 0. The molecule has 1 saturated heterocycles. The number of carbonyl (C=O) groups is 1. The monoisotopic (exact) mass is 451 g/mol. The first-order valence-electron chi connectivity index (χ1n) is 11.3. The van der Waals surface area contributed by atoms with Crippen LogP contribution in [0.25, 0.3) is 5.57 Å². The van der Waals surface area contributed by atoms with Gasteiger partial charge in [-0.05, 0) is 67.6 Å². The molecule has 0 bridgehead atoms. The maximum atomic E-state index is 12.7. The fourth-order valence-electron chi connectivity index (χ4n) is 4.73. The van der Waals surface area contributed by atoms with Crippen LogP contribution in [0.1, 0.15) is 37.0 Å². The van der Waals surface area contributed by atoms with E-state index in [1.165, 1.54) is 0 Å². The third kappa shape index (κ3) is 4.50. The summed E-state index contributed by atoms with van der Waals surface area (Å²) in [6, 6.07) is 12.1. The number of methoxy groups -OCH3 is 2. The Balaban J connectivity index is 1.79. The van der Waals surface area contributed by atoms with Gasteiger partial charge in [-0.3, -0.25) is 4.90 Å². The smallest absolute Gasteiger partial charge is 0.321 e. The number of carbonyl (C=O) groups excluding carboxylic acids is 1. The predicted octanol–water partition coefficient (Wildman–Crippen LogP) is 3.64. The van der Waals surface area contributed by atoms with E-state index in [1.54, 1.807) is 26.2 Å². The van der Waals surface area contributed by atoms with Crippen molar-refractivity contribution in [1.29, 1.82) is 0 Å². The van der Waals surface area contributed by atoms with Crippen molar-refractivity contribution in [3.05, 3.63) is 59.3 Å². The van der Waals surface area contributed by atoms with Gasteiger partial charge < -0.3 is 24.8 Å². The molecule has 7 heteroatoms. The zero-order valence-electron chi connectivity index (χ0n) is 20.0. The van der Waals surface area contributed by atoms with Gasteiger partial charge in [-0.2, -0.15) is 0 Å². The highest BCUT2D eigenvalue weighted by Crippen LogP contribution is 2.39. The van der Waals surface area contributed by atoms with Crippen LogP contribution in [0.2, 0.25) is 0 Å². The van der Waals surface area contributed by atoms with Gasteiger partial charge in [-0.1, -0.05) is 12.1 Å². The lowest BCUT2D eigenvalue weighted by atomic mass is 9.92. The van der Waals surface area contributed by atoms with E-state index in [0.717, 1.165) is 40.9 Å². The summed E-state index contributed by atoms with van der Waals surface area (Å²) < 4.78 is 11.1. The standard InChI is InChI=1S/C26H33N3O4/c1-17-12-19-13-23(32-4)24(33-5)14-21(19)22(15-29(17)25(30)27-3)18-6-8-20(9-7-18)28-11-10-26(2,31)16-28/h6-9,13-15,17,31H,10-12,16H2,1-5H3,(H,27,30)/t17-,26+/m1/s1. The van der Waals surface area contributed by atoms with Crippen LogP contribution in [0, 0.1) is 0 Å². The molecule has 2 aliphatic rings. The molecule has 2 heterocycles. The van der Waals surface area contributed by atoms with Crippen molar-refractivity contribution < 1.29 is 19.4 Å². The number of nitrogens with zero attached hydrogens (tertiary/aromatic N) is 2. The van der Waals surface area contributed by atoms with Crippen LogP contribution in [-0.4, -0.2) is 62.0 Å². The highest BCUT2D eigenvalue weighted by atomic mass is 16.5. The summed E-state index contributed by atoms with van der Waals surface area (Å²) in [6.07, 6.45) is 3.37. The average molecular weight is 452 g/mol. The number of urea groups is 1. The first-order valence-corrected chi connectivity index (χ1v) is 11.3. The molecule has 2 N–H and O–H groups in total. The molecule has 0 aromatic heterocycles. The van der Waals surface area contributed by atoms with Crippen LogP contribution in [0.5, 0.6) is 11.5 Å². The number of nitrogens with one attached hydrogen (secondary N) is 1. The van der Waals surface area contributed by atoms with Crippen LogP contribution in [0.3, 0.4) is 0 Å². The number of anilines is 1. The fraction of sp³-hybridized carbons (Fsp3) is 0.423. The van der Waals surface area contributed by atoms with E-state index in [9.17, 15) is 9.90 Å². The quantitative estimate of drug-likeness (QED) is 0.743. The molecular formula is C26H33N3O4. The third-order valence-electron chi connectivity index (χ3n) is 6.60. The van der Waals surface area contributed by atoms with Crippen LogP contribution in [-0.2, 0) is 6.42 Å². The Labute approximate surface area is 195 Å². The number of ether oxygens (including phenoxy) is 2. The van der Waals surface area contributed by atoms with Crippen LogP contribution in [0.4, 0.5) is 10.5 Å². The van der Waals surface area contributed by atoms with E-state index in [4.69, 9.17) is 9.47 Å². The second-order valence-corrected chi connectivity index (χ2v) is 9.14. The van der Waals surface area contributed by atoms with Crippen LogP contribution in [0.15, 0.2) is 42.6 Å². The molecule has 1 fully saturated rings. The van der Waals surface area contributed by atoms with Crippen molar-refractivity contribution in [3.8, 4) is 11.5 Å². The van der Waals surface area contributed by atoms with Gasteiger partial charge in [0.05, 0.1) is 19.8 Å². The lowest BCUT2D eigenvalue weighted by molar-refractivity contribution is 0.0839. The number of amides is 2. The molecule has 0 spiro atoms. The van der Waals surface area contributed by atoms with Gasteiger partial charge in [0.25, 0.3) is 0 Å². The van der Waals surface area contributed by atoms with E-state index in [1.807, 2.05) is 32.2 Å². The van der Waals surface area contributed by atoms with Crippen molar-refractivity contribution >= 4 is 17.3 Å². The topological polar surface area (TPSA) is 74.3 Å². The predicted molar refractivity (Wildman–Crippen MR) is 130 cm³/mol. The molecule has 2 atom stereocenters. The van der Waals surface area contributed by atoms with Crippen molar-refractivity contribution in [2.75, 3.05) is 39.3 Å². The zero-order valence-corrected chi connectivity index (χ0v) is 20.0. The summed E-state index contributed by atoms with van der Waals surface area (Å²) in [5.41, 5.74) is 4.48. The maximum Gasteiger partial charge on any atom is 0.321 e. The minimum absolute atomic E-state index is 0.0367. The molecule has 2 aliphatic heterocycles. The van der Waals surface area contributed by atoms with E-state index in [2.05, 4.69) is 34.5 Å². The lowest BCUT2D eigenvalue weighted by Crippen LogP contribution is -2.40. The number of benzene rings is 2. The molecule has 0 radical (unpaired) electrons. The van der Waals surface area contributed by atoms with E-state index >= 15 is 0 Å². The molecule has 2 aromatic carbocycles. The first-order chi connectivity index (χ1) is 15.8. The van der Waals surface area contributed by atoms with Gasteiger partial charge in [0, 0.05) is 43.6 Å². The largest absolute Gasteiger partial charge is 0.493 e. The van der Waals surface area contributed by atoms with Crippen molar-refractivity contribution in [3.63, 3.8) is 0 Å². The van der Waals surface area contributed by atoms with Gasteiger partial charge in [-0.15, -0.1) is 0 Å². The Hall–Kier alpha value is -3.19. The van der Waals surface area contributed by atoms with Crippen molar-refractivity contribution in [2.45, 2.75) is 38.3 Å². The number of rotatable bonds is 4. The molecule has 2 amide bonds. The van der Waals surface area contributed by atoms with Gasteiger partial charge in [-0.25, -0.2) is 4.79 Å². The Morgan fingerprint density at radius 2 is 1.82 bits per heavy atom. The summed E-state index contributed by atoms with van der Waals surface area (Å²) in [4.78, 5) is 16.6. The molecule has 33 heavy (non-hydrogen) atoms. The molecular weight excluding hydrogens is 418 g/mol. The van der Waals surface area contributed by atoms with E-state index in [-0.39, 0.29) is 12.1 Å². The minimum Gasteiger partial charge on any atom is -0.493 e. The highest BCUT2D eigenvalue weighted by molar-refractivity contribution is 5.87. The van der Waals surface area contributed by atoms with Gasteiger partial charge in [0.15, 0.2) is 11.5 Å². The summed E-state index contributed by atoms with van der Waals surface area (Å²) in [6.45, 7) is 5.37. The molecule has 0 saturated carbocycles. The maximum absolute atomic E-state index is 12.7. The van der Waals surface area contributed by atoms with Gasteiger partial charge in [0.1, 0.15) is 0 Å². The summed E-state index contributed by atoms with van der Waals surface area (Å²) in [5, 5.41) is 13.1. The zero-order chi connectivity index (χ0) is 23.8. The molecule has 4 rings (SSSR count). The normalized spacial score (nSPS) is 22.4. The Morgan fingerprint density at radius 3 is 2.39 bits per heavy atom. The fourth-order valence-corrected chi connectivity index (χ4v) is 4.73. The highest BCUT2D eigenvalue weighted by Gasteiger charge is 2.31. The number of hydrogen-bond donors (Lipinski definition) is 2. The number of β-amino-alcohol motifs (C(OH)–C–C–N with tert-alkyl or cyclic N) is 1. The average Bonchev–Trinajstić information content (AvgIpc) is 3.11. The molecule has 7 nitrogen and oxygen atoms in total. The lowest BCUT2D eigenvalue weighted by Gasteiger charge is -2.24. The minimum atomic E-state index is -0.652. The first kappa shape index (κ1) is 23.0. The molecule has 0 aliphatic carbocycles. The Bertz CT molecular complexity index is 1060. The molecule has 0 unspecified atom stereocenters. The van der Waals surface area contributed by atoms with Crippen LogP contribution >= 0.6 is 0 Å². The van der Waals surface area contributed by atoms with Crippen molar-refractivity contribution in [2.24, 2.45) is 0 Å². The third-order valence-corrected chi connectivity index (χ3v) is 6.60.